The van der Waals surface area contributed by atoms with Crippen LogP contribution in [-0.4, -0.2) is 28.6 Å². The number of allylic oxidation sites excluding steroid dienone is 2. The van der Waals surface area contributed by atoms with Gasteiger partial charge in [-0.25, -0.2) is 0 Å². The Hall–Kier alpha value is -1.16. The molecule has 0 spiro atoms. The van der Waals surface area contributed by atoms with Gasteiger partial charge in [0.15, 0.2) is 0 Å². The van der Waals surface area contributed by atoms with Crippen molar-refractivity contribution in [2.45, 2.75) is 112 Å². The van der Waals surface area contributed by atoms with Crippen molar-refractivity contribution in [1.29, 1.82) is 0 Å². The first-order valence-corrected chi connectivity index (χ1v) is 13.8. The molecule has 4 fully saturated rings. The molecule has 4 heteroatoms. The van der Waals surface area contributed by atoms with E-state index in [1.165, 1.54) is 5.57 Å². The van der Waals surface area contributed by atoms with Crippen LogP contribution < -0.4 is 0 Å². The minimum atomic E-state index is -0.669. The van der Waals surface area contributed by atoms with Crippen LogP contribution in [0.1, 0.15) is 106 Å². The molecule has 9 atom stereocenters. The number of aldehydes is 1. The second kappa shape index (κ2) is 7.20. The van der Waals surface area contributed by atoms with Gasteiger partial charge in [0.1, 0.15) is 6.29 Å². The molecule has 4 nitrogen and oxygen atoms in total. The maximum absolute atomic E-state index is 12.8. The molecule has 2 N–H and O–H groups in total. The Morgan fingerprint density at radius 1 is 0.941 bits per heavy atom. The summed E-state index contributed by atoms with van der Waals surface area (Å²) < 4.78 is 0. The second-order valence-electron chi connectivity index (χ2n) is 14.7. The van der Waals surface area contributed by atoms with E-state index in [0.29, 0.717) is 12.3 Å². The van der Waals surface area contributed by atoms with E-state index in [-0.39, 0.29) is 33.5 Å². The highest BCUT2D eigenvalue weighted by molar-refractivity contribution is 5.76. The van der Waals surface area contributed by atoms with Crippen molar-refractivity contribution in [2.24, 2.45) is 50.2 Å². The van der Waals surface area contributed by atoms with Crippen molar-refractivity contribution >= 4 is 12.3 Å². The molecule has 0 aromatic rings. The molecule has 0 radical (unpaired) electrons. The lowest BCUT2D eigenvalue weighted by Crippen LogP contribution is -2.65. The zero-order valence-corrected chi connectivity index (χ0v) is 22.2. The van der Waals surface area contributed by atoms with Gasteiger partial charge >= 0.3 is 5.97 Å². The molecule has 3 unspecified atom stereocenters. The third-order valence-corrected chi connectivity index (χ3v) is 13.0. The summed E-state index contributed by atoms with van der Waals surface area (Å²) in [7, 11) is 0. The van der Waals surface area contributed by atoms with Gasteiger partial charge in [-0.2, -0.15) is 0 Å². The number of carboxylic acid groups (broad SMARTS) is 1. The molecule has 0 bridgehead atoms. The van der Waals surface area contributed by atoms with Gasteiger partial charge in [0, 0.05) is 0 Å². The van der Waals surface area contributed by atoms with Crippen molar-refractivity contribution in [1.82, 2.24) is 0 Å². The largest absolute Gasteiger partial charge is 0.481 e. The molecule has 5 aliphatic carbocycles. The summed E-state index contributed by atoms with van der Waals surface area (Å²) in [4.78, 5) is 25.1. The summed E-state index contributed by atoms with van der Waals surface area (Å²) in [6.07, 6.45) is 12.1. The minimum absolute atomic E-state index is 0.00538. The van der Waals surface area contributed by atoms with E-state index in [1.54, 1.807) is 0 Å². The quantitative estimate of drug-likeness (QED) is 0.361. The fraction of sp³-hybridized carbons (Fsp3) is 0.867. The van der Waals surface area contributed by atoms with Crippen molar-refractivity contribution in [3.05, 3.63) is 11.6 Å². The average molecular weight is 471 g/mol. The first-order chi connectivity index (χ1) is 15.7. The molecular weight excluding hydrogens is 424 g/mol. The molecule has 190 valence electrons. The van der Waals surface area contributed by atoms with E-state index in [9.17, 15) is 19.8 Å². The first-order valence-electron chi connectivity index (χ1n) is 13.8. The van der Waals surface area contributed by atoms with Crippen LogP contribution in [0.25, 0.3) is 0 Å². The number of fused-ring (bicyclic) bond motifs is 7. The van der Waals surface area contributed by atoms with E-state index in [2.05, 4.69) is 40.7 Å². The third kappa shape index (κ3) is 2.81. The fourth-order valence-electron chi connectivity index (χ4n) is 10.5. The number of aliphatic hydroxyl groups is 1. The molecule has 0 aromatic heterocycles. The van der Waals surface area contributed by atoms with E-state index in [4.69, 9.17) is 0 Å². The highest BCUT2D eigenvalue weighted by Crippen LogP contribution is 2.75. The zero-order valence-electron chi connectivity index (χ0n) is 22.2. The van der Waals surface area contributed by atoms with E-state index < -0.39 is 22.9 Å². The highest BCUT2D eigenvalue weighted by atomic mass is 16.4. The Labute approximate surface area is 206 Å². The minimum Gasteiger partial charge on any atom is -0.481 e. The van der Waals surface area contributed by atoms with E-state index in [1.807, 2.05) is 6.92 Å². The number of rotatable bonds is 2. The van der Waals surface area contributed by atoms with Gasteiger partial charge < -0.3 is 15.0 Å². The van der Waals surface area contributed by atoms with Crippen molar-refractivity contribution in [3.8, 4) is 0 Å². The Balaban J connectivity index is 1.60. The summed E-state index contributed by atoms with van der Waals surface area (Å²) >= 11 is 0. The van der Waals surface area contributed by atoms with Gasteiger partial charge in [-0.15, -0.1) is 0 Å². The van der Waals surface area contributed by atoms with Gasteiger partial charge in [-0.05, 0) is 104 Å². The maximum atomic E-state index is 12.8. The highest BCUT2D eigenvalue weighted by Gasteiger charge is 2.69. The summed E-state index contributed by atoms with van der Waals surface area (Å²) in [5.74, 6) is 0.201. The van der Waals surface area contributed by atoms with Crippen LogP contribution in [0.5, 0.6) is 0 Å². The number of carbonyl (C=O) groups excluding carboxylic acids is 1. The van der Waals surface area contributed by atoms with Crippen LogP contribution in [-0.2, 0) is 9.59 Å². The maximum Gasteiger partial charge on any atom is 0.310 e. The standard InChI is InChI=1S/C30H46O4/c1-25(2)13-15-30(24(33)34)16-14-28(5)19(20(30)17-25)7-8-22-26(3)11-10-23(32)27(4,18-31)21(26)9-12-29(22,28)6/h7,18,20-23,32H,8-17H2,1-6H3,(H,33,34)/t20?,21-,22?,23+,26?,27-,28-,29+,30+/m1/s1. The normalized spacial score (nSPS) is 53.9. The lowest BCUT2D eigenvalue weighted by molar-refractivity contribution is -0.204. The molecule has 34 heavy (non-hydrogen) atoms. The Morgan fingerprint density at radius 3 is 2.26 bits per heavy atom. The Kier molecular flexibility index (Phi) is 5.20. The fourth-order valence-corrected chi connectivity index (χ4v) is 10.5. The monoisotopic (exact) mass is 470 g/mol. The van der Waals surface area contributed by atoms with E-state index >= 15 is 0 Å². The number of aliphatic carboxylic acids is 1. The zero-order chi connectivity index (χ0) is 24.9. The number of carboxylic acids is 1. The van der Waals surface area contributed by atoms with Gasteiger partial charge in [-0.3, -0.25) is 4.79 Å². The van der Waals surface area contributed by atoms with Crippen molar-refractivity contribution in [2.75, 3.05) is 0 Å². The lowest BCUT2D eigenvalue weighted by atomic mass is 9.33. The average Bonchev–Trinajstić information content (AvgIpc) is 2.76. The first kappa shape index (κ1) is 24.5. The van der Waals surface area contributed by atoms with Gasteiger partial charge in [-0.1, -0.05) is 53.2 Å². The molecule has 0 saturated heterocycles. The van der Waals surface area contributed by atoms with Crippen LogP contribution in [0.15, 0.2) is 11.6 Å². The molecule has 0 heterocycles. The van der Waals surface area contributed by atoms with Crippen LogP contribution in [0.3, 0.4) is 0 Å². The van der Waals surface area contributed by atoms with Crippen LogP contribution in [0.2, 0.25) is 0 Å². The molecule has 0 amide bonds. The molecule has 5 rings (SSSR count). The van der Waals surface area contributed by atoms with Crippen molar-refractivity contribution < 1.29 is 19.8 Å². The molecule has 0 aliphatic heterocycles. The lowest BCUT2D eigenvalue weighted by Gasteiger charge is -2.70. The predicted molar refractivity (Wildman–Crippen MR) is 133 cm³/mol. The van der Waals surface area contributed by atoms with Crippen LogP contribution in [0.4, 0.5) is 0 Å². The van der Waals surface area contributed by atoms with Gasteiger partial charge in [0.25, 0.3) is 0 Å². The number of carbonyl (C=O) groups is 2. The van der Waals surface area contributed by atoms with Crippen LogP contribution in [0, 0.1) is 50.2 Å². The SMILES string of the molecule is CC1(C)CC[C@]2(C(=O)O)CC[C@]3(C)C(=CCC4C5(C)CC[C@H](O)[C@](C)(C=O)[C@@H]5CC[C@@]43C)C2C1. The summed E-state index contributed by atoms with van der Waals surface area (Å²) in [6.45, 7) is 14.0. The third-order valence-electron chi connectivity index (χ3n) is 13.0. The summed E-state index contributed by atoms with van der Waals surface area (Å²) in [6, 6.07) is 0. The van der Waals surface area contributed by atoms with Crippen molar-refractivity contribution in [3.63, 3.8) is 0 Å². The number of hydrogen-bond acceptors (Lipinski definition) is 3. The number of hydrogen-bond donors (Lipinski definition) is 2. The summed E-state index contributed by atoms with van der Waals surface area (Å²) in [5.41, 5.74) is 0.446. The molecule has 4 saturated carbocycles. The van der Waals surface area contributed by atoms with Gasteiger partial charge in [0.2, 0.25) is 0 Å². The Bertz CT molecular complexity index is 936. The predicted octanol–water partition coefficient (Wildman–Crippen LogP) is 6.41. The smallest absolute Gasteiger partial charge is 0.310 e. The second-order valence-corrected chi connectivity index (χ2v) is 14.7. The summed E-state index contributed by atoms with van der Waals surface area (Å²) in [5, 5.41) is 21.3. The van der Waals surface area contributed by atoms with E-state index in [0.717, 1.165) is 64.1 Å². The van der Waals surface area contributed by atoms with Crippen LogP contribution >= 0.6 is 0 Å². The molecule has 5 aliphatic rings. The van der Waals surface area contributed by atoms with Gasteiger partial charge in [0.05, 0.1) is 16.9 Å². The Morgan fingerprint density at radius 2 is 1.62 bits per heavy atom. The molecule has 0 aromatic carbocycles. The molecular formula is C30H46O4. The number of aliphatic hydroxyl groups excluding tert-OH is 1. The topological polar surface area (TPSA) is 74.6 Å².